The summed E-state index contributed by atoms with van der Waals surface area (Å²) in [6.45, 7) is 0. The Kier molecular flexibility index (Phi) is 4.85. The minimum atomic E-state index is -5.05. The third-order valence-corrected chi connectivity index (χ3v) is 4.45. The standard InChI is InChI=1S/C16H12ClF3N2O3S/c1-26-13-5-3-2-4-10(13)21-14(23)22-16(15(18,19)20)24-11-7-6-9(17)8-12(11)25-16/h2-8H,1H3,(H2,21,22,23). The van der Waals surface area contributed by atoms with Crippen LogP contribution < -0.4 is 20.1 Å². The molecule has 0 radical (unpaired) electrons. The second kappa shape index (κ2) is 6.81. The average molecular weight is 405 g/mol. The van der Waals surface area contributed by atoms with Crippen molar-refractivity contribution in [2.45, 2.75) is 17.0 Å². The minimum Gasteiger partial charge on any atom is -0.424 e. The summed E-state index contributed by atoms with van der Waals surface area (Å²) >= 11 is 7.09. The number of carbonyl (C=O) groups excluding carboxylic acids is 1. The summed E-state index contributed by atoms with van der Waals surface area (Å²) in [7, 11) is 0. The van der Waals surface area contributed by atoms with E-state index in [0.29, 0.717) is 10.6 Å². The largest absolute Gasteiger partial charge is 0.492 e. The van der Waals surface area contributed by atoms with E-state index in [1.54, 1.807) is 35.8 Å². The molecule has 1 heterocycles. The van der Waals surface area contributed by atoms with Crippen molar-refractivity contribution < 1.29 is 27.4 Å². The molecule has 2 N–H and O–H groups in total. The van der Waals surface area contributed by atoms with Gasteiger partial charge in [-0.2, -0.15) is 13.2 Å². The molecule has 1 unspecified atom stereocenters. The Morgan fingerprint density at radius 1 is 1.15 bits per heavy atom. The number of alkyl halides is 3. The lowest BCUT2D eigenvalue weighted by Crippen LogP contribution is -2.65. The van der Waals surface area contributed by atoms with E-state index in [-0.39, 0.29) is 16.5 Å². The molecule has 0 saturated carbocycles. The van der Waals surface area contributed by atoms with Gasteiger partial charge in [-0.3, -0.25) is 5.32 Å². The molecule has 0 aromatic heterocycles. The lowest BCUT2D eigenvalue weighted by atomic mass is 10.3. The van der Waals surface area contributed by atoms with Crippen LogP contribution in [-0.2, 0) is 0 Å². The Morgan fingerprint density at radius 2 is 1.85 bits per heavy atom. The molecule has 2 aromatic carbocycles. The van der Waals surface area contributed by atoms with Gasteiger partial charge >= 0.3 is 18.1 Å². The summed E-state index contributed by atoms with van der Waals surface area (Å²) in [5.74, 6) is -3.76. The SMILES string of the molecule is CSc1ccccc1NC(=O)NC1(C(F)(F)F)Oc2ccc(Cl)cc2O1. The molecular weight excluding hydrogens is 393 g/mol. The van der Waals surface area contributed by atoms with Crippen LogP contribution in [0.2, 0.25) is 5.02 Å². The Hall–Kier alpha value is -2.26. The summed E-state index contributed by atoms with van der Waals surface area (Å²) in [5, 5.41) is 4.26. The van der Waals surface area contributed by atoms with Gasteiger partial charge < -0.3 is 14.8 Å². The quantitative estimate of drug-likeness (QED) is 0.716. The third-order valence-electron chi connectivity index (χ3n) is 3.42. The van der Waals surface area contributed by atoms with E-state index >= 15 is 0 Å². The number of thioether (sulfide) groups is 1. The zero-order valence-electron chi connectivity index (χ0n) is 13.2. The third kappa shape index (κ3) is 3.49. The summed E-state index contributed by atoms with van der Waals surface area (Å²) in [4.78, 5) is 12.9. The van der Waals surface area contributed by atoms with Crippen molar-refractivity contribution in [1.82, 2.24) is 5.32 Å². The molecule has 1 aliphatic heterocycles. The van der Waals surface area contributed by atoms with Crippen LogP contribution in [0.1, 0.15) is 0 Å². The molecule has 0 aliphatic carbocycles. The molecule has 0 saturated heterocycles. The second-order valence-electron chi connectivity index (χ2n) is 5.19. The van der Waals surface area contributed by atoms with Gasteiger partial charge in [0.2, 0.25) is 0 Å². The predicted octanol–water partition coefficient (Wildman–Crippen LogP) is 4.87. The number of amides is 2. The first-order valence-corrected chi connectivity index (χ1v) is 8.81. The smallest absolute Gasteiger partial charge is 0.424 e. The Labute approximate surface area is 155 Å². The molecule has 3 rings (SSSR count). The first-order valence-electron chi connectivity index (χ1n) is 7.20. The van der Waals surface area contributed by atoms with Gasteiger partial charge in [0, 0.05) is 16.0 Å². The Balaban J connectivity index is 1.84. The Morgan fingerprint density at radius 3 is 2.54 bits per heavy atom. The molecule has 2 amide bonds. The van der Waals surface area contributed by atoms with Crippen molar-refractivity contribution in [3.63, 3.8) is 0 Å². The number of benzene rings is 2. The maximum absolute atomic E-state index is 13.6. The maximum Gasteiger partial charge on any atom is 0.492 e. The topological polar surface area (TPSA) is 59.6 Å². The normalized spacial score (nSPS) is 18.5. The molecule has 138 valence electrons. The number of carbonyl (C=O) groups is 1. The van der Waals surface area contributed by atoms with Crippen molar-refractivity contribution in [2.24, 2.45) is 0 Å². The molecular formula is C16H12ClF3N2O3S. The number of urea groups is 1. The lowest BCUT2D eigenvalue weighted by Gasteiger charge is -2.29. The van der Waals surface area contributed by atoms with Gasteiger partial charge in [0.05, 0.1) is 5.69 Å². The van der Waals surface area contributed by atoms with Gasteiger partial charge in [-0.1, -0.05) is 23.7 Å². The van der Waals surface area contributed by atoms with Crippen LogP contribution in [0.5, 0.6) is 11.5 Å². The molecule has 10 heteroatoms. The van der Waals surface area contributed by atoms with Gasteiger partial charge in [-0.25, -0.2) is 4.79 Å². The van der Waals surface area contributed by atoms with Crippen LogP contribution in [0.4, 0.5) is 23.7 Å². The highest BCUT2D eigenvalue weighted by molar-refractivity contribution is 7.98. The molecule has 0 fully saturated rings. The fraction of sp³-hybridized carbons (Fsp3) is 0.188. The summed E-state index contributed by atoms with van der Waals surface area (Å²) < 4.78 is 50.6. The van der Waals surface area contributed by atoms with Gasteiger partial charge in [0.15, 0.2) is 11.5 Å². The number of rotatable bonds is 3. The average Bonchev–Trinajstić information content (AvgIpc) is 2.93. The first kappa shape index (κ1) is 18.5. The number of halogens is 4. The maximum atomic E-state index is 13.6. The molecule has 5 nitrogen and oxygen atoms in total. The van der Waals surface area contributed by atoms with Crippen molar-refractivity contribution in [2.75, 3.05) is 11.6 Å². The number of anilines is 1. The number of para-hydroxylation sites is 1. The van der Waals surface area contributed by atoms with Crippen LogP contribution in [0.3, 0.4) is 0 Å². The van der Waals surface area contributed by atoms with Crippen LogP contribution in [-0.4, -0.2) is 24.4 Å². The van der Waals surface area contributed by atoms with E-state index in [9.17, 15) is 18.0 Å². The molecule has 0 spiro atoms. The Bertz CT molecular complexity index is 850. The predicted molar refractivity (Wildman–Crippen MR) is 91.9 cm³/mol. The minimum absolute atomic E-state index is 0.170. The zero-order valence-corrected chi connectivity index (χ0v) is 14.8. The van der Waals surface area contributed by atoms with Crippen LogP contribution in [0.25, 0.3) is 0 Å². The fourth-order valence-electron chi connectivity index (χ4n) is 2.27. The van der Waals surface area contributed by atoms with Crippen LogP contribution in [0, 0.1) is 0 Å². The van der Waals surface area contributed by atoms with Gasteiger partial charge in [0.1, 0.15) is 0 Å². The number of hydrogen-bond donors (Lipinski definition) is 2. The number of fused-ring (bicyclic) bond motifs is 1. The van der Waals surface area contributed by atoms with Crippen molar-refractivity contribution >= 4 is 35.1 Å². The molecule has 26 heavy (non-hydrogen) atoms. The molecule has 2 aromatic rings. The fourth-order valence-corrected chi connectivity index (χ4v) is 2.98. The van der Waals surface area contributed by atoms with E-state index in [1.165, 1.54) is 30.0 Å². The van der Waals surface area contributed by atoms with Crippen molar-refractivity contribution in [3.8, 4) is 11.5 Å². The van der Waals surface area contributed by atoms with Crippen molar-refractivity contribution in [1.29, 1.82) is 0 Å². The lowest BCUT2D eigenvalue weighted by molar-refractivity contribution is -0.317. The van der Waals surface area contributed by atoms with E-state index in [0.717, 1.165) is 0 Å². The molecule has 0 bridgehead atoms. The van der Waals surface area contributed by atoms with Gasteiger partial charge in [0.25, 0.3) is 0 Å². The van der Waals surface area contributed by atoms with Crippen LogP contribution >= 0.6 is 23.4 Å². The first-order chi connectivity index (χ1) is 12.2. The highest BCUT2D eigenvalue weighted by Gasteiger charge is 2.65. The zero-order chi connectivity index (χ0) is 18.9. The summed E-state index contributed by atoms with van der Waals surface area (Å²) in [5.41, 5.74) is 0.355. The monoisotopic (exact) mass is 404 g/mol. The number of hydrogen-bond acceptors (Lipinski definition) is 4. The van der Waals surface area contributed by atoms with E-state index < -0.39 is 18.1 Å². The molecule has 1 atom stereocenters. The summed E-state index contributed by atoms with van der Waals surface area (Å²) in [6, 6.07) is 9.30. The summed E-state index contributed by atoms with van der Waals surface area (Å²) in [6.07, 6.45) is -3.27. The highest BCUT2D eigenvalue weighted by atomic mass is 35.5. The van der Waals surface area contributed by atoms with Crippen LogP contribution in [0.15, 0.2) is 47.4 Å². The molecule has 1 aliphatic rings. The van der Waals surface area contributed by atoms with Gasteiger partial charge in [-0.05, 0) is 30.5 Å². The van der Waals surface area contributed by atoms with E-state index in [1.807, 2.05) is 0 Å². The number of nitrogens with one attached hydrogen (secondary N) is 2. The number of ether oxygens (including phenoxy) is 2. The van der Waals surface area contributed by atoms with E-state index in [4.69, 9.17) is 21.1 Å². The van der Waals surface area contributed by atoms with Gasteiger partial charge in [-0.15, -0.1) is 11.8 Å². The highest BCUT2D eigenvalue weighted by Crippen LogP contribution is 2.46. The second-order valence-corrected chi connectivity index (χ2v) is 6.47. The van der Waals surface area contributed by atoms with E-state index in [2.05, 4.69) is 5.32 Å². The van der Waals surface area contributed by atoms with Crippen molar-refractivity contribution in [3.05, 3.63) is 47.5 Å².